The quantitative estimate of drug-likeness (QED) is 0.867. The van der Waals surface area contributed by atoms with Gasteiger partial charge in [0.1, 0.15) is 0 Å². The Morgan fingerprint density at radius 3 is 2.80 bits per heavy atom. The van der Waals surface area contributed by atoms with Gasteiger partial charge in [-0.1, -0.05) is 13.8 Å². The molecular weight excluding hydrogens is 248 g/mol. The number of nitrogens with zero attached hydrogens (tertiary/aromatic N) is 3. The first-order valence-electron chi connectivity index (χ1n) is 7.91. The molecule has 4 nitrogen and oxygen atoms in total. The van der Waals surface area contributed by atoms with Crippen molar-refractivity contribution in [1.82, 2.24) is 19.8 Å². The third-order valence-electron chi connectivity index (χ3n) is 4.10. The Kier molecular flexibility index (Phi) is 5.22. The van der Waals surface area contributed by atoms with E-state index in [0.29, 0.717) is 6.04 Å². The minimum Gasteiger partial charge on any atom is -0.337 e. The maximum Gasteiger partial charge on any atom is 0.0945 e. The summed E-state index contributed by atoms with van der Waals surface area (Å²) in [7, 11) is 0. The van der Waals surface area contributed by atoms with Crippen LogP contribution in [0.25, 0.3) is 0 Å². The van der Waals surface area contributed by atoms with Gasteiger partial charge in [-0.2, -0.15) is 0 Å². The molecule has 1 aliphatic heterocycles. The molecule has 0 aliphatic carbocycles. The van der Waals surface area contributed by atoms with Crippen LogP contribution in [0.2, 0.25) is 0 Å². The number of imidazole rings is 1. The van der Waals surface area contributed by atoms with Crippen LogP contribution in [0, 0.1) is 5.92 Å². The number of nitrogens with one attached hydrogen (secondary N) is 1. The second-order valence-electron chi connectivity index (χ2n) is 7.17. The van der Waals surface area contributed by atoms with Gasteiger partial charge in [-0.3, -0.25) is 4.90 Å². The van der Waals surface area contributed by atoms with E-state index in [1.807, 2.05) is 18.7 Å². The molecule has 4 heteroatoms. The second kappa shape index (κ2) is 6.72. The third kappa shape index (κ3) is 4.60. The molecule has 0 saturated carbocycles. The topological polar surface area (TPSA) is 33.1 Å². The van der Waals surface area contributed by atoms with Crippen molar-refractivity contribution in [3.63, 3.8) is 0 Å². The van der Waals surface area contributed by atoms with Gasteiger partial charge in [-0.05, 0) is 32.6 Å². The van der Waals surface area contributed by atoms with Crippen LogP contribution in [0.5, 0.6) is 0 Å². The molecule has 1 unspecified atom stereocenters. The number of aryl methyl sites for hydroxylation is 1. The molecule has 20 heavy (non-hydrogen) atoms. The van der Waals surface area contributed by atoms with Gasteiger partial charge in [-0.15, -0.1) is 0 Å². The van der Waals surface area contributed by atoms with Crippen molar-refractivity contribution < 1.29 is 0 Å². The van der Waals surface area contributed by atoms with E-state index in [0.717, 1.165) is 25.6 Å². The van der Waals surface area contributed by atoms with Gasteiger partial charge < -0.3 is 9.88 Å². The average Bonchev–Trinajstić information content (AvgIpc) is 2.85. The zero-order valence-corrected chi connectivity index (χ0v) is 13.5. The summed E-state index contributed by atoms with van der Waals surface area (Å²) in [5.41, 5.74) is 0.239. The van der Waals surface area contributed by atoms with Crippen LogP contribution in [0.4, 0.5) is 0 Å². The lowest BCUT2D eigenvalue weighted by Gasteiger charge is -2.45. The van der Waals surface area contributed by atoms with Crippen molar-refractivity contribution >= 4 is 0 Å². The molecule has 114 valence electrons. The highest BCUT2D eigenvalue weighted by atomic mass is 15.2. The Morgan fingerprint density at radius 1 is 1.35 bits per heavy atom. The molecule has 2 rings (SSSR count). The van der Waals surface area contributed by atoms with E-state index in [-0.39, 0.29) is 5.54 Å². The van der Waals surface area contributed by atoms with Crippen LogP contribution in [0.1, 0.15) is 40.5 Å². The summed E-state index contributed by atoms with van der Waals surface area (Å²) in [4.78, 5) is 6.79. The highest BCUT2D eigenvalue weighted by molar-refractivity contribution is 4.92. The lowest BCUT2D eigenvalue weighted by molar-refractivity contribution is 0.0805. The Morgan fingerprint density at radius 2 is 2.15 bits per heavy atom. The van der Waals surface area contributed by atoms with Crippen molar-refractivity contribution in [2.24, 2.45) is 5.92 Å². The van der Waals surface area contributed by atoms with Gasteiger partial charge in [0.05, 0.1) is 6.33 Å². The third-order valence-corrected chi connectivity index (χ3v) is 4.10. The summed E-state index contributed by atoms with van der Waals surface area (Å²) >= 11 is 0. The Balaban J connectivity index is 1.86. The molecule has 1 aromatic heterocycles. The van der Waals surface area contributed by atoms with Gasteiger partial charge in [-0.25, -0.2) is 4.98 Å². The van der Waals surface area contributed by atoms with Crippen LogP contribution in [0.3, 0.4) is 0 Å². The fourth-order valence-corrected chi connectivity index (χ4v) is 3.13. The zero-order chi connectivity index (χ0) is 14.6. The lowest BCUT2D eigenvalue weighted by Crippen LogP contribution is -2.61. The normalized spacial score (nSPS) is 23.4. The summed E-state index contributed by atoms with van der Waals surface area (Å²) in [6.07, 6.45) is 8.30. The van der Waals surface area contributed by atoms with Crippen molar-refractivity contribution in [3.8, 4) is 0 Å². The van der Waals surface area contributed by atoms with Crippen LogP contribution in [-0.4, -0.2) is 45.7 Å². The van der Waals surface area contributed by atoms with E-state index in [4.69, 9.17) is 0 Å². The van der Waals surface area contributed by atoms with E-state index in [1.165, 1.54) is 19.4 Å². The number of aromatic nitrogens is 2. The van der Waals surface area contributed by atoms with Crippen LogP contribution < -0.4 is 5.32 Å². The van der Waals surface area contributed by atoms with Crippen molar-refractivity contribution in [2.45, 2.75) is 58.7 Å². The van der Waals surface area contributed by atoms with Crippen molar-refractivity contribution in [3.05, 3.63) is 18.7 Å². The van der Waals surface area contributed by atoms with Crippen LogP contribution in [0.15, 0.2) is 18.7 Å². The van der Waals surface area contributed by atoms with Crippen molar-refractivity contribution in [2.75, 3.05) is 19.6 Å². The fraction of sp³-hybridized carbons (Fsp3) is 0.812. The van der Waals surface area contributed by atoms with Gasteiger partial charge in [0.2, 0.25) is 0 Å². The highest BCUT2D eigenvalue weighted by Crippen LogP contribution is 2.20. The summed E-state index contributed by atoms with van der Waals surface area (Å²) in [5.74, 6) is 0.763. The first-order chi connectivity index (χ1) is 9.46. The minimum absolute atomic E-state index is 0.239. The maximum absolute atomic E-state index is 4.10. The number of hydrogen-bond acceptors (Lipinski definition) is 3. The van der Waals surface area contributed by atoms with Crippen LogP contribution >= 0.6 is 0 Å². The largest absolute Gasteiger partial charge is 0.337 e. The number of rotatable bonds is 6. The molecule has 1 N–H and O–H groups in total. The van der Waals surface area contributed by atoms with Gasteiger partial charge >= 0.3 is 0 Å². The predicted octanol–water partition coefficient (Wildman–Crippen LogP) is 2.37. The van der Waals surface area contributed by atoms with Gasteiger partial charge in [0.15, 0.2) is 0 Å². The Bertz CT molecular complexity index is 383. The van der Waals surface area contributed by atoms with E-state index in [2.05, 4.69) is 47.5 Å². The van der Waals surface area contributed by atoms with E-state index in [1.54, 1.807) is 0 Å². The highest BCUT2D eigenvalue weighted by Gasteiger charge is 2.32. The molecule has 1 aliphatic rings. The first-order valence-corrected chi connectivity index (χ1v) is 7.91. The Hall–Kier alpha value is -0.870. The molecule has 0 spiro atoms. The van der Waals surface area contributed by atoms with Crippen molar-refractivity contribution in [1.29, 1.82) is 0 Å². The van der Waals surface area contributed by atoms with Gasteiger partial charge in [0.25, 0.3) is 0 Å². The predicted molar refractivity (Wildman–Crippen MR) is 83.7 cm³/mol. The summed E-state index contributed by atoms with van der Waals surface area (Å²) < 4.78 is 2.17. The molecule has 0 bridgehead atoms. The first kappa shape index (κ1) is 15.5. The molecular formula is C16H30N4. The van der Waals surface area contributed by atoms with E-state index < -0.39 is 0 Å². The molecule has 1 aromatic rings. The second-order valence-corrected chi connectivity index (χ2v) is 7.17. The fourth-order valence-electron chi connectivity index (χ4n) is 3.13. The van der Waals surface area contributed by atoms with Gasteiger partial charge in [0, 0.05) is 50.2 Å². The maximum atomic E-state index is 4.10. The molecule has 0 amide bonds. The standard InChI is InChI=1S/C16H30N4/c1-14(2)10-15-11-18-16(3,4)12-20(15)8-5-7-19-9-6-17-13-19/h6,9,13-15,18H,5,7-8,10-12H2,1-4H3. The number of piperazine rings is 1. The van der Waals surface area contributed by atoms with Crippen LogP contribution in [-0.2, 0) is 6.54 Å². The summed E-state index contributed by atoms with van der Waals surface area (Å²) in [6, 6.07) is 0.686. The SMILES string of the molecule is CC(C)CC1CNC(C)(C)CN1CCCn1ccnc1. The molecule has 0 aromatic carbocycles. The Labute approximate surface area is 123 Å². The molecule has 1 atom stereocenters. The minimum atomic E-state index is 0.239. The smallest absolute Gasteiger partial charge is 0.0945 e. The molecule has 1 saturated heterocycles. The molecule has 1 fully saturated rings. The lowest BCUT2D eigenvalue weighted by atomic mass is 9.94. The van der Waals surface area contributed by atoms with E-state index in [9.17, 15) is 0 Å². The monoisotopic (exact) mass is 278 g/mol. The zero-order valence-electron chi connectivity index (χ0n) is 13.5. The summed E-state index contributed by atoms with van der Waals surface area (Å²) in [5, 5.41) is 3.69. The average molecular weight is 278 g/mol. The van der Waals surface area contributed by atoms with E-state index >= 15 is 0 Å². The number of hydrogen-bond donors (Lipinski definition) is 1. The molecule has 2 heterocycles. The summed E-state index contributed by atoms with van der Waals surface area (Å²) in [6.45, 7) is 13.8. The molecule has 0 radical (unpaired) electrons.